The first-order valence-corrected chi connectivity index (χ1v) is 11.4. The number of pyridine rings is 1. The van der Waals surface area contributed by atoms with Gasteiger partial charge in [0.25, 0.3) is 0 Å². The van der Waals surface area contributed by atoms with Gasteiger partial charge in [0.05, 0.1) is 4.90 Å². The van der Waals surface area contributed by atoms with Crippen LogP contribution in [0.5, 0.6) is 0 Å². The first-order valence-electron chi connectivity index (χ1n) is 9.15. The molecule has 6 nitrogen and oxygen atoms in total. The van der Waals surface area contributed by atoms with E-state index >= 15 is 0 Å². The average molecular weight is 484 g/mol. The standard InChI is InChI=1S/C22H18BrN3O3S/c1-15-4-10-19(11-5-15)30(27,28)22-21(25-14-16-3-2-12-24-13-16)29-20(26-22)17-6-8-18(23)9-7-17/h2-13,25H,14H2,1H3. The quantitative estimate of drug-likeness (QED) is 0.402. The predicted molar refractivity (Wildman–Crippen MR) is 118 cm³/mol. The Kier molecular flexibility index (Phi) is 5.69. The summed E-state index contributed by atoms with van der Waals surface area (Å²) < 4.78 is 33.3. The summed E-state index contributed by atoms with van der Waals surface area (Å²) in [5.74, 6) is 0.319. The summed E-state index contributed by atoms with van der Waals surface area (Å²) in [4.78, 5) is 8.58. The zero-order valence-corrected chi connectivity index (χ0v) is 18.4. The number of nitrogens with one attached hydrogen (secondary N) is 1. The molecule has 0 saturated carbocycles. The number of oxazole rings is 1. The summed E-state index contributed by atoms with van der Waals surface area (Å²) in [7, 11) is -3.88. The number of rotatable bonds is 6. The molecule has 0 spiro atoms. The van der Waals surface area contributed by atoms with Crippen molar-refractivity contribution in [3.63, 3.8) is 0 Å². The van der Waals surface area contributed by atoms with Crippen molar-refractivity contribution in [2.45, 2.75) is 23.4 Å². The van der Waals surface area contributed by atoms with Gasteiger partial charge in [0.15, 0.2) is 0 Å². The molecule has 2 aromatic heterocycles. The Bertz CT molecular complexity index is 1250. The number of sulfone groups is 1. The molecule has 0 aliphatic rings. The van der Waals surface area contributed by atoms with E-state index in [1.807, 2.05) is 43.3 Å². The largest absolute Gasteiger partial charge is 0.419 e. The van der Waals surface area contributed by atoms with Crippen LogP contribution in [-0.4, -0.2) is 18.4 Å². The number of aromatic nitrogens is 2. The maximum atomic E-state index is 13.3. The van der Waals surface area contributed by atoms with E-state index in [9.17, 15) is 8.42 Å². The first kappa shape index (κ1) is 20.3. The lowest BCUT2D eigenvalue weighted by Gasteiger charge is -2.06. The van der Waals surface area contributed by atoms with Crippen molar-refractivity contribution in [1.29, 1.82) is 0 Å². The van der Waals surface area contributed by atoms with E-state index in [4.69, 9.17) is 4.42 Å². The lowest BCUT2D eigenvalue weighted by atomic mass is 10.2. The number of hydrogen-bond acceptors (Lipinski definition) is 6. The molecule has 0 fully saturated rings. The Labute approximate surface area is 183 Å². The molecule has 1 N–H and O–H groups in total. The van der Waals surface area contributed by atoms with Gasteiger partial charge in [-0.15, -0.1) is 0 Å². The number of nitrogens with zero attached hydrogens (tertiary/aromatic N) is 2. The molecular formula is C22H18BrN3O3S. The van der Waals surface area contributed by atoms with Crippen molar-refractivity contribution in [3.8, 4) is 11.5 Å². The van der Waals surface area contributed by atoms with Crippen LogP contribution < -0.4 is 5.32 Å². The van der Waals surface area contributed by atoms with Gasteiger partial charge in [-0.25, -0.2) is 8.42 Å². The van der Waals surface area contributed by atoms with E-state index in [0.717, 1.165) is 15.6 Å². The van der Waals surface area contributed by atoms with Gasteiger partial charge in [-0.3, -0.25) is 4.98 Å². The second-order valence-corrected chi connectivity index (χ2v) is 9.47. The van der Waals surface area contributed by atoms with E-state index < -0.39 is 9.84 Å². The van der Waals surface area contributed by atoms with Crippen LogP contribution >= 0.6 is 15.9 Å². The third kappa shape index (κ3) is 4.29. The van der Waals surface area contributed by atoms with Gasteiger partial charge < -0.3 is 9.73 Å². The van der Waals surface area contributed by atoms with E-state index in [-0.39, 0.29) is 21.7 Å². The van der Waals surface area contributed by atoms with E-state index in [2.05, 4.69) is 31.2 Å². The van der Waals surface area contributed by atoms with Crippen LogP contribution in [0.25, 0.3) is 11.5 Å². The van der Waals surface area contributed by atoms with Crippen LogP contribution in [0.4, 0.5) is 5.88 Å². The molecular weight excluding hydrogens is 466 g/mol. The average Bonchev–Trinajstić information content (AvgIpc) is 3.19. The fourth-order valence-electron chi connectivity index (χ4n) is 2.83. The van der Waals surface area contributed by atoms with Gasteiger partial charge in [0, 0.05) is 29.0 Å². The minimum absolute atomic E-state index is 0.0948. The van der Waals surface area contributed by atoms with Crippen molar-refractivity contribution in [2.24, 2.45) is 0 Å². The Morgan fingerprint density at radius 2 is 1.77 bits per heavy atom. The zero-order chi connectivity index (χ0) is 21.1. The third-order valence-electron chi connectivity index (χ3n) is 4.45. The highest BCUT2D eigenvalue weighted by molar-refractivity contribution is 9.10. The fourth-order valence-corrected chi connectivity index (χ4v) is 4.37. The minimum Gasteiger partial charge on any atom is -0.419 e. The number of hydrogen-bond donors (Lipinski definition) is 1. The fraction of sp³-hybridized carbons (Fsp3) is 0.0909. The van der Waals surface area contributed by atoms with Crippen LogP contribution in [0.15, 0.2) is 91.9 Å². The van der Waals surface area contributed by atoms with Crippen LogP contribution in [0, 0.1) is 6.92 Å². The van der Waals surface area contributed by atoms with E-state index in [1.54, 1.807) is 36.7 Å². The smallest absolute Gasteiger partial charge is 0.234 e. The van der Waals surface area contributed by atoms with Gasteiger partial charge in [0.1, 0.15) is 0 Å². The molecule has 0 amide bonds. The third-order valence-corrected chi connectivity index (χ3v) is 6.66. The predicted octanol–water partition coefficient (Wildman–Crippen LogP) is 5.25. The molecule has 2 aromatic carbocycles. The molecule has 0 aliphatic carbocycles. The van der Waals surface area contributed by atoms with Gasteiger partial charge in [-0.2, -0.15) is 4.98 Å². The molecule has 0 unspecified atom stereocenters. The maximum Gasteiger partial charge on any atom is 0.234 e. The van der Waals surface area contributed by atoms with Crippen LogP contribution in [0.3, 0.4) is 0 Å². The molecule has 30 heavy (non-hydrogen) atoms. The van der Waals surface area contributed by atoms with Crippen molar-refractivity contribution in [2.75, 3.05) is 5.32 Å². The lowest BCUT2D eigenvalue weighted by Crippen LogP contribution is -2.07. The summed E-state index contributed by atoms with van der Waals surface area (Å²) >= 11 is 3.39. The van der Waals surface area contributed by atoms with Crippen LogP contribution in [0.1, 0.15) is 11.1 Å². The van der Waals surface area contributed by atoms with Crippen molar-refractivity contribution < 1.29 is 12.8 Å². The highest BCUT2D eigenvalue weighted by Crippen LogP contribution is 2.33. The van der Waals surface area contributed by atoms with Crippen molar-refractivity contribution >= 4 is 31.7 Å². The number of benzene rings is 2. The van der Waals surface area contributed by atoms with E-state index in [0.29, 0.717) is 12.1 Å². The first-order chi connectivity index (χ1) is 14.4. The summed E-state index contributed by atoms with van der Waals surface area (Å²) in [5, 5.41) is 2.92. The molecule has 0 bridgehead atoms. The summed E-state index contributed by atoms with van der Waals surface area (Å²) in [5.41, 5.74) is 2.53. The van der Waals surface area contributed by atoms with Gasteiger partial charge in [-0.1, -0.05) is 39.7 Å². The lowest BCUT2D eigenvalue weighted by molar-refractivity contribution is 0.576. The Morgan fingerprint density at radius 3 is 2.43 bits per heavy atom. The highest BCUT2D eigenvalue weighted by Gasteiger charge is 2.28. The van der Waals surface area contributed by atoms with Crippen molar-refractivity contribution in [1.82, 2.24) is 9.97 Å². The van der Waals surface area contributed by atoms with Crippen LogP contribution in [-0.2, 0) is 16.4 Å². The second-order valence-electron chi connectivity index (χ2n) is 6.69. The highest BCUT2D eigenvalue weighted by atomic mass is 79.9. The van der Waals surface area contributed by atoms with Gasteiger partial charge >= 0.3 is 0 Å². The molecule has 0 saturated heterocycles. The molecule has 4 rings (SSSR count). The number of anilines is 1. The SMILES string of the molecule is Cc1ccc(S(=O)(=O)c2nc(-c3ccc(Br)cc3)oc2NCc2cccnc2)cc1. The summed E-state index contributed by atoms with van der Waals surface area (Å²) in [6.07, 6.45) is 3.38. The zero-order valence-electron chi connectivity index (χ0n) is 16.0. The number of aryl methyl sites for hydroxylation is 1. The Hall–Kier alpha value is -2.97. The second kappa shape index (κ2) is 8.41. The molecule has 2 heterocycles. The minimum atomic E-state index is -3.88. The number of halogens is 1. The monoisotopic (exact) mass is 483 g/mol. The molecule has 152 valence electrons. The summed E-state index contributed by atoms with van der Waals surface area (Å²) in [6.45, 7) is 2.25. The molecule has 0 aliphatic heterocycles. The topological polar surface area (TPSA) is 85.1 Å². The molecule has 0 atom stereocenters. The van der Waals surface area contributed by atoms with E-state index in [1.165, 1.54) is 0 Å². The maximum absolute atomic E-state index is 13.3. The Morgan fingerprint density at radius 1 is 1.03 bits per heavy atom. The van der Waals surface area contributed by atoms with Gasteiger partial charge in [0.2, 0.25) is 26.6 Å². The van der Waals surface area contributed by atoms with Gasteiger partial charge in [-0.05, 0) is 55.0 Å². The normalized spacial score (nSPS) is 11.4. The molecule has 0 radical (unpaired) electrons. The molecule has 4 aromatic rings. The molecule has 8 heteroatoms. The Balaban J connectivity index is 1.76. The van der Waals surface area contributed by atoms with Crippen molar-refractivity contribution in [3.05, 3.63) is 88.7 Å². The summed E-state index contributed by atoms with van der Waals surface area (Å²) in [6, 6.07) is 17.7. The van der Waals surface area contributed by atoms with Crippen LogP contribution in [0.2, 0.25) is 0 Å².